The summed E-state index contributed by atoms with van der Waals surface area (Å²) in [6, 6.07) is 8.93. The number of imide groups is 1. The van der Waals surface area contributed by atoms with Crippen molar-refractivity contribution in [3.05, 3.63) is 65.0 Å². The van der Waals surface area contributed by atoms with Gasteiger partial charge in [-0.15, -0.1) is 0 Å². The van der Waals surface area contributed by atoms with Gasteiger partial charge in [0.05, 0.1) is 6.54 Å². The second kappa shape index (κ2) is 5.55. The lowest BCUT2D eigenvalue weighted by atomic mass is 9.89. The largest absolute Gasteiger partial charge is 0.508 e. The molecule has 0 radical (unpaired) electrons. The van der Waals surface area contributed by atoms with Gasteiger partial charge in [-0.05, 0) is 41.5 Å². The highest BCUT2D eigenvalue weighted by atomic mass is 19.1. The highest BCUT2D eigenvalue weighted by molar-refractivity contribution is 6.08. The first-order chi connectivity index (χ1) is 12.4. The summed E-state index contributed by atoms with van der Waals surface area (Å²) >= 11 is 0. The Hall–Kier alpha value is -3.42. The van der Waals surface area contributed by atoms with Gasteiger partial charge in [0.15, 0.2) is 5.54 Å². The third-order valence-electron chi connectivity index (χ3n) is 4.67. The molecule has 8 heteroatoms. The highest BCUT2D eigenvalue weighted by Crippen LogP contribution is 2.32. The molecular formula is C18H14FN3O4. The smallest absolute Gasteiger partial charge is 0.322 e. The van der Waals surface area contributed by atoms with Gasteiger partial charge < -0.3 is 15.3 Å². The number of phenolic OH excluding ortho intramolecular Hbond substituents is 1. The fraction of sp³-hybridized carbons (Fsp3) is 0.167. The minimum atomic E-state index is -1.51. The van der Waals surface area contributed by atoms with Crippen LogP contribution < -0.4 is 10.6 Å². The van der Waals surface area contributed by atoms with Gasteiger partial charge in [-0.1, -0.05) is 12.1 Å². The number of rotatable bonds is 3. The third-order valence-corrected chi connectivity index (χ3v) is 4.67. The number of phenols is 1. The zero-order chi connectivity index (χ0) is 18.5. The van der Waals surface area contributed by atoms with E-state index in [1.165, 1.54) is 47.4 Å². The summed E-state index contributed by atoms with van der Waals surface area (Å²) in [5.74, 6) is -1.36. The van der Waals surface area contributed by atoms with Gasteiger partial charge in [0.1, 0.15) is 11.6 Å². The van der Waals surface area contributed by atoms with Crippen molar-refractivity contribution in [2.75, 3.05) is 6.54 Å². The van der Waals surface area contributed by atoms with Crippen molar-refractivity contribution in [1.29, 1.82) is 0 Å². The molecule has 2 heterocycles. The Labute approximate surface area is 147 Å². The molecule has 0 aliphatic carbocycles. The van der Waals surface area contributed by atoms with Crippen molar-refractivity contribution in [3.8, 4) is 5.75 Å². The van der Waals surface area contributed by atoms with E-state index in [2.05, 4.69) is 10.6 Å². The summed E-state index contributed by atoms with van der Waals surface area (Å²) in [4.78, 5) is 38.4. The summed E-state index contributed by atoms with van der Waals surface area (Å²) in [5, 5.41) is 14.4. The van der Waals surface area contributed by atoms with Crippen LogP contribution in [0.4, 0.5) is 9.18 Å². The normalized spacial score (nSPS) is 21.6. The van der Waals surface area contributed by atoms with Crippen LogP contribution in [0.25, 0.3) is 0 Å². The minimum Gasteiger partial charge on any atom is -0.508 e. The predicted molar refractivity (Wildman–Crippen MR) is 87.6 cm³/mol. The number of benzene rings is 2. The van der Waals surface area contributed by atoms with Crippen molar-refractivity contribution >= 4 is 17.8 Å². The molecule has 0 aromatic heterocycles. The molecule has 2 aromatic carbocycles. The zero-order valence-electron chi connectivity index (χ0n) is 13.5. The standard InChI is InChI=1S/C18H14FN3O4/c19-12-3-1-11(2-4-12)18(16(25)20-17(26)21-18)9-22-8-10-7-13(23)5-6-14(10)15(22)24/h1-7,23H,8-9H2,(H2,20,21,25,26). The van der Waals surface area contributed by atoms with Gasteiger partial charge in [0.2, 0.25) is 0 Å². The zero-order valence-corrected chi connectivity index (χ0v) is 13.5. The van der Waals surface area contributed by atoms with E-state index in [4.69, 9.17) is 0 Å². The van der Waals surface area contributed by atoms with Crippen LogP contribution in [0.1, 0.15) is 21.5 Å². The second-order valence-electron chi connectivity index (χ2n) is 6.32. The number of aromatic hydroxyl groups is 1. The average Bonchev–Trinajstić information content (AvgIpc) is 3.05. The van der Waals surface area contributed by atoms with Gasteiger partial charge in [-0.2, -0.15) is 0 Å². The number of urea groups is 1. The summed E-state index contributed by atoms with van der Waals surface area (Å²) in [6.07, 6.45) is 0. The fourth-order valence-corrected chi connectivity index (χ4v) is 3.41. The number of halogens is 1. The number of amides is 4. The Bertz CT molecular complexity index is 944. The molecule has 132 valence electrons. The number of nitrogens with one attached hydrogen (secondary N) is 2. The third kappa shape index (κ3) is 2.38. The average molecular weight is 355 g/mol. The molecule has 0 spiro atoms. The Morgan fingerprint density at radius 2 is 1.85 bits per heavy atom. The number of hydrogen-bond donors (Lipinski definition) is 3. The van der Waals surface area contributed by atoms with E-state index < -0.39 is 23.3 Å². The molecule has 1 saturated heterocycles. The molecule has 26 heavy (non-hydrogen) atoms. The van der Waals surface area contributed by atoms with Crippen molar-refractivity contribution < 1.29 is 23.9 Å². The molecule has 0 saturated carbocycles. The quantitative estimate of drug-likeness (QED) is 0.721. The van der Waals surface area contributed by atoms with Crippen LogP contribution in [0, 0.1) is 5.82 Å². The lowest BCUT2D eigenvalue weighted by Crippen LogP contribution is -2.52. The summed E-state index contributed by atoms with van der Waals surface area (Å²) < 4.78 is 13.3. The molecule has 0 bridgehead atoms. The first kappa shape index (κ1) is 16.1. The Kier molecular flexibility index (Phi) is 3.43. The number of nitrogens with zero attached hydrogens (tertiary/aromatic N) is 1. The van der Waals surface area contributed by atoms with E-state index in [0.717, 1.165) is 0 Å². The number of hydrogen-bond acceptors (Lipinski definition) is 4. The lowest BCUT2D eigenvalue weighted by Gasteiger charge is -2.31. The maximum Gasteiger partial charge on any atom is 0.322 e. The van der Waals surface area contributed by atoms with Crippen LogP contribution in [-0.4, -0.2) is 34.4 Å². The van der Waals surface area contributed by atoms with Crippen LogP contribution >= 0.6 is 0 Å². The van der Waals surface area contributed by atoms with E-state index in [1.807, 2.05) is 0 Å². The molecule has 2 aliphatic heterocycles. The van der Waals surface area contributed by atoms with Crippen LogP contribution in [0.15, 0.2) is 42.5 Å². The maximum absolute atomic E-state index is 13.3. The van der Waals surface area contributed by atoms with Gasteiger partial charge >= 0.3 is 6.03 Å². The second-order valence-corrected chi connectivity index (χ2v) is 6.32. The van der Waals surface area contributed by atoms with Crippen LogP contribution in [0.3, 0.4) is 0 Å². The van der Waals surface area contributed by atoms with Gasteiger partial charge in [-0.25, -0.2) is 9.18 Å². The Morgan fingerprint density at radius 3 is 2.50 bits per heavy atom. The molecule has 7 nitrogen and oxygen atoms in total. The highest BCUT2D eigenvalue weighted by Gasteiger charge is 2.50. The molecular weight excluding hydrogens is 341 g/mol. The molecule has 1 fully saturated rings. The van der Waals surface area contributed by atoms with Crippen LogP contribution in [-0.2, 0) is 16.9 Å². The Morgan fingerprint density at radius 1 is 1.12 bits per heavy atom. The van der Waals surface area contributed by atoms with Gasteiger partial charge in [0, 0.05) is 12.1 Å². The summed E-state index contributed by atoms with van der Waals surface area (Å²) in [5.41, 5.74) is -0.0746. The van der Waals surface area contributed by atoms with Crippen molar-refractivity contribution in [2.45, 2.75) is 12.1 Å². The maximum atomic E-state index is 13.3. The van der Waals surface area contributed by atoms with Crippen molar-refractivity contribution in [1.82, 2.24) is 15.5 Å². The van der Waals surface area contributed by atoms with Crippen molar-refractivity contribution in [3.63, 3.8) is 0 Å². The lowest BCUT2D eigenvalue weighted by molar-refractivity contribution is -0.124. The van der Waals surface area contributed by atoms with Gasteiger partial charge in [-0.3, -0.25) is 14.9 Å². The fourth-order valence-electron chi connectivity index (χ4n) is 3.41. The molecule has 2 aromatic rings. The van der Waals surface area contributed by atoms with E-state index in [1.54, 1.807) is 0 Å². The molecule has 4 amide bonds. The number of fused-ring (bicyclic) bond motifs is 1. The molecule has 3 N–H and O–H groups in total. The summed E-state index contributed by atoms with van der Waals surface area (Å²) in [7, 11) is 0. The molecule has 1 atom stereocenters. The Balaban J connectivity index is 1.71. The number of carbonyl (C=O) groups is 3. The van der Waals surface area contributed by atoms with Gasteiger partial charge in [0.25, 0.3) is 11.8 Å². The number of carbonyl (C=O) groups excluding carboxylic acids is 3. The van der Waals surface area contributed by atoms with E-state index in [0.29, 0.717) is 16.7 Å². The topological polar surface area (TPSA) is 98.7 Å². The predicted octanol–water partition coefficient (Wildman–Crippen LogP) is 1.22. The monoisotopic (exact) mass is 355 g/mol. The molecule has 2 aliphatic rings. The summed E-state index contributed by atoms with van der Waals surface area (Å²) in [6.45, 7) is 0.0686. The van der Waals surface area contributed by atoms with Crippen LogP contribution in [0.5, 0.6) is 5.75 Å². The first-order valence-corrected chi connectivity index (χ1v) is 7.90. The van der Waals surface area contributed by atoms with Crippen LogP contribution in [0.2, 0.25) is 0 Å². The van der Waals surface area contributed by atoms with E-state index in [-0.39, 0.29) is 24.7 Å². The molecule has 1 unspecified atom stereocenters. The van der Waals surface area contributed by atoms with E-state index in [9.17, 15) is 23.9 Å². The SMILES string of the molecule is O=C1NC(=O)C(CN2Cc3cc(O)ccc3C2=O)(c2ccc(F)cc2)N1. The molecule has 4 rings (SSSR count). The minimum absolute atomic E-state index is 0.0403. The van der Waals surface area contributed by atoms with Crippen molar-refractivity contribution in [2.24, 2.45) is 0 Å². The van der Waals surface area contributed by atoms with E-state index >= 15 is 0 Å². The first-order valence-electron chi connectivity index (χ1n) is 7.90.